The highest BCUT2D eigenvalue weighted by Crippen LogP contribution is 2.17. The van der Waals surface area contributed by atoms with Gasteiger partial charge in [0.1, 0.15) is 5.69 Å². The van der Waals surface area contributed by atoms with E-state index in [2.05, 4.69) is 26.1 Å². The van der Waals surface area contributed by atoms with Gasteiger partial charge in [-0.15, -0.1) is 0 Å². The minimum absolute atomic E-state index is 0.0884. The quantitative estimate of drug-likeness (QED) is 0.642. The number of aromatic nitrogens is 4. The van der Waals surface area contributed by atoms with Gasteiger partial charge in [0.2, 0.25) is 5.78 Å². The van der Waals surface area contributed by atoms with Gasteiger partial charge < -0.3 is 0 Å². The second-order valence-electron chi connectivity index (χ2n) is 4.19. The highest BCUT2D eigenvalue weighted by Gasteiger charge is 2.13. The van der Waals surface area contributed by atoms with Gasteiger partial charge in [0.15, 0.2) is 0 Å². The van der Waals surface area contributed by atoms with Crippen LogP contribution in [0.1, 0.15) is 28.8 Å². The summed E-state index contributed by atoms with van der Waals surface area (Å²) >= 11 is 3.34. The molecule has 0 saturated carbocycles. The predicted molar refractivity (Wildman–Crippen MR) is 76.9 cm³/mol. The number of nitrogens with zero attached hydrogens (tertiary/aromatic N) is 4. The first kappa shape index (κ1) is 13.7. The summed E-state index contributed by atoms with van der Waals surface area (Å²) in [6.45, 7) is 4.57. The van der Waals surface area contributed by atoms with Gasteiger partial charge in [0.25, 0.3) is 0 Å². The number of ketones is 1. The van der Waals surface area contributed by atoms with E-state index < -0.39 is 0 Å². The Kier molecular flexibility index (Phi) is 3.99. The van der Waals surface area contributed by atoms with Gasteiger partial charge in [-0.1, -0.05) is 0 Å². The Bertz CT molecular complexity index is 620. The minimum Gasteiger partial charge on any atom is -0.288 e. The Morgan fingerprint density at radius 2 is 2.26 bits per heavy atom. The predicted octanol–water partition coefficient (Wildman–Crippen LogP) is 2.60. The maximum absolute atomic E-state index is 12.2. The zero-order chi connectivity index (χ0) is 14.0. The summed E-state index contributed by atoms with van der Waals surface area (Å²) in [6.07, 6.45) is 4.87. The molecule has 0 spiro atoms. The molecule has 5 nitrogen and oxygen atoms in total. The van der Waals surface area contributed by atoms with Gasteiger partial charge in [-0.3, -0.25) is 14.2 Å². The van der Waals surface area contributed by atoms with Crippen LogP contribution in [-0.4, -0.2) is 25.3 Å². The number of hydrogen-bond donors (Lipinski definition) is 0. The summed E-state index contributed by atoms with van der Waals surface area (Å²) in [6, 6.07) is 1.93. The molecule has 2 aromatic heterocycles. The standard InChI is InChI=1S/C13H15BrN4O/c1-4-18-13(11(14)8-15-18)12(19)6-5-10-7-9(2)17(3)16-10/h5-8H,4H2,1-3H3/b6-5+. The van der Waals surface area contributed by atoms with E-state index >= 15 is 0 Å². The van der Waals surface area contributed by atoms with Crippen LogP contribution in [0.25, 0.3) is 6.08 Å². The Hall–Kier alpha value is -1.69. The molecule has 0 radical (unpaired) electrons. The monoisotopic (exact) mass is 322 g/mol. The highest BCUT2D eigenvalue weighted by molar-refractivity contribution is 9.10. The van der Waals surface area contributed by atoms with E-state index in [1.54, 1.807) is 21.6 Å². The van der Waals surface area contributed by atoms with Crippen molar-refractivity contribution in [1.29, 1.82) is 0 Å². The van der Waals surface area contributed by atoms with Gasteiger partial charge >= 0.3 is 0 Å². The highest BCUT2D eigenvalue weighted by atomic mass is 79.9. The van der Waals surface area contributed by atoms with Crippen molar-refractivity contribution in [3.05, 3.63) is 39.9 Å². The summed E-state index contributed by atoms with van der Waals surface area (Å²) in [5, 5.41) is 8.40. The molecule has 2 heterocycles. The van der Waals surface area contributed by atoms with Crippen molar-refractivity contribution >= 4 is 27.8 Å². The van der Waals surface area contributed by atoms with E-state index in [-0.39, 0.29) is 5.78 Å². The molecule has 0 N–H and O–H groups in total. The van der Waals surface area contributed by atoms with Gasteiger partial charge in [0, 0.05) is 19.3 Å². The number of allylic oxidation sites excluding steroid dienone is 1. The Morgan fingerprint density at radius 3 is 2.84 bits per heavy atom. The molecule has 0 unspecified atom stereocenters. The van der Waals surface area contributed by atoms with E-state index in [1.807, 2.05) is 27.0 Å². The van der Waals surface area contributed by atoms with Crippen molar-refractivity contribution in [2.24, 2.45) is 7.05 Å². The number of carbonyl (C=O) groups excluding carboxylic acids is 1. The molecular formula is C13H15BrN4O. The molecule has 0 aromatic carbocycles. The average Bonchev–Trinajstić information content (AvgIpc) is 2.90. The molecule has 2 rings (SSSR count). The van der Waals surface area contributed by atoms with Crippen molar-refractivity contribution in [1.82, 2.24) is 19.6 Å². The summed E-state index contributed by atoms with van der Waals surface area (Å²) in [5.74, 6) is -0.0884. The van der Waals surface area contributed by atoms with Crippen LogP contribution < -0.4 is 0 Å². The third kappa shape index (κ3) is 2.84. The molecule has 19 heavy (non-hydrogen) atoms. The smallest absolute Gasteiger partial charge is 0.205 e. The van der Waals surface area contributed by atoms with Gasteiger partial charge in [0.05, 0.1) is 16.4 Å². The fourth-order valence-electron chi connectivity index (χ4n) is 1.76. The van der Waals surface area contributed by atoms with Crippen molar-refractivity contribution in [2.75, 3.05) is 0 Å². The first-order valence-corrected chi connectivity index (χ1v) is 6.76. The Balaban J connectivity index is 2.23. The molecule has 0 aliphatic heterocycles. The van der Waals surface area contributed by atoms with E-state index in [4.69, 9.17) is 0 Å². The molecule has 6 heteroatoms. The molecule has 0 amide bonds. The first-order chi connectivity index (χ1) is 9.02. The summed E-state index contributed by atoms with van der Waals surface area (Å²) in [5.41, 5.74) is 2.38. The number of carbonyl (C=O) groups is 1. The molecule has 0 aliphatic carbocycles. The molecule has 0 saturated heterocycles. The second-order valence-corrected chi connectivity index (χ2v) is 5.04. The van der Waals surface area contributed by atoms with Gasteiger partial charge in [-0.25, -0.2) is 0 Å². The largest absolute Gasteiger partial charge is 0.288 e. The zero-order valence-electron chi connectivity index (χ0n) is 11.1. The van der Waals surface area contributed by atoms with Crippen molar-refractivity contribution in [3.63, 3.8) is 0 Å². The van der Waals surface area contributed by atoms with E-state index in [9.17, 15) is 4.79 Å². The Morgan fingerprint density at radius 1 is 1.53 bits per heavy atom. The van der Waals surface area contributed by atoms with Crippen molar-refractivity contribution < 1.29 is 4.79 Å². The van der Waals surface area contributed by atoms with Crippen LogP contribution in [0.4, 0.5) is 0 Å². The van der Waals surface area contributed by atoms with Crippen LogP contribution in [0.2, 0.25) is 0 Å². The lowest BCUT2D eigenvalue weighted by Gasteiger charge is -2.00. The molecule has 0 atom stereocenters. The van der Waals surface area contributed by atoms with Crippen LogP contribution in [-0.2, 0) is 13.6 Å². The summed E-state index contributed by atoms with van der Waals surface area (Å²) in [7, 11) is 1.87. The summed E-state index contributed by atoms with van der Waals surface area (Å²) in [4.78, 5) is 12.2. The maximum Gasteiger partial charge on any atom is 0.205 e. The molecule has 100 valence electrons. The minimum atomic E-state index is -0.0884. The lowest BCUT2D eigenvalue weighted by molar-refractivity contribution is 0.103. The fourth-order valence-corrected chi connectivity index (χ4v) is 2.25. The second kappa shape index (κ2) is 5.52. The average molecular weight is 323 g/mol. The SMILES string of the molecule is CCn1ncc(Br)c1C(=O)/C=C/c1cc(C)n(C)n1. The molecule has 0 fully saturated rings. The number of rotatable bonds is 4. The zero-order valence-corrected chi connectivity index (χ0v) is 12.7. The van der Waals surface area contributed by atoms with Crippen molar-refractivity contribution in [2.45, 2.75) is 20.4 Å². The van der Waals surface area contributed by atoms with Crippen molar-refractivity contribution in [3.8, 4) is 0 Å². The maximum atomic E-state index is 12.2. The number of aryl methyl sites for hydroxylation is 3. The van der Waals surface area contributed by atoms with Gasteiger partial charge in [-0.2, -0.15) is 10.2 Å². The lowest BCUT2D eigenvalue weighted by Crippen LogP contribution is -2.07. The van der Waals surface area contributed by atoms with Crippen LogP contribution in [0.5, 0.6) is 0 Å². The first-order valence-electron chi connectivity index (χ1n) is 5.97. The van der Waals surface area contributed by atoms with Crippen LogP contribution in [0.15, 0.2) is 22.8 Å². The van der Waals surface area contributed by atoms with Crippen LogP contribution >= 0.6 is 15.9 Å². The van der Waals surface area contributed by atoms with E-state index in [0.717, 1.165) is 11.4 Å². The topological polar surface area (TPSA) is 52.7 Å². The molecule has 0 aliphatic rings. The fraction of sp³-hybridized carbons (Fsp3) is 0.308. The third-order valence-corrected chi connectivity index (χ3v) is 3.45. The molecule has 2 aromatic rings. The summed E-state index contributed by atoms with van der Waals surface area (Å²) < 4.78 is 4.15. The van der Waals surface area contributed by atoms with Crippen LogP contribution in [0.3, 0.4) is 0 Å². The van der Waals surface area contributed by atoms with E-state index in [0.29, 0.717) is 16.7 Å². The van der Waals surface area contributed by atoms with Gasteiger partial charge in [-0.05, 0) is 48.0 Å². The van der Waals surface area contributed by atoms with E-state index in [1.165, 1.54) is 6.08 Å². The molecule has 0 bridgehead atoms. The number of hydrogen-bond acceptors (Lipinski definition) is 3. The molecular weight excluding hydrogens is 308 g/mol. The lowest BCUT2D eigenvalue weighted by atomic mass is 10.2. The normalized spacial score (nSPS) is 11.4. The number of halogens is 1. The Labute approximate surface area is 120 Å². The third-order valence-electron chi connectivity index (χ3n) is 2.87. The van der Waals surface area contributed by atoms with Crippen LogP contribution in [0, 0.1) is 6.92 Å².